The van der Waals surface area contributed by atoms with Crippen molar-refractivity contribution in [1.29, 1.82) is 0 Å². The third kappa shape index (κ3) is 5.29. The average Bonchev–Trinajstić information content (AvgIpc) is 2.52. The van der Waals surface area contributed by atoms with Crippen LogP contribution in [0.25, 0.3) is 0 Å². The van der Waals surface area contributed by atoms with Crippen LogP contribution in [-0.4, -0.2) is 59.0 Å². The van der Waals surface area contributed by atoms with Gasteiger partial charge in [0.05, 0.1) is 35.9 Å². The summed E-state index contributed by atoms with van der Waals surface area (Å²) < 4.78 is 17.7. The average molecular weight is 475 g/mol. The second kappa shape index (κ2) is 9.35. The van der Waals surface area contributed by atoms with Crippen molar-refractivity contribution < 1.29 is 19.3 Å². The first-order chi connectivity index (χ1) is 11.0. The van der Waals surface area contributed by atoms with E-state index < -0.39 is 6.10 Å². The Morgan fingerprint density at radius 1 is 1.26 bits per heavy atom. The van der Waals surface area contributed by atoms with Gasteiger partial charge in [-0.15, -0.1) is 17.3 Å². The zero-order valence-corrected chi connectivity index (χ0v) is 17.1. The molecule has 132 valence electrons. The van der Waals surface area contributed by atoms with Crippen LogP contribution in [0.5, 0.6) is 0 Å². The molecular weight excluding hydrogens is 451 g/mol. The van der Waals surface area contributed by atoms with E-state index in [0.29, 0.717) is 19.3 Å². The minimum Gasteiger partial charge on any atom is -0.388 e. The van der Waals surface area contributed by atoms with E-state index in [1.165, 1.54) is 0 Å². The Bertz CT molecular complexity index is 444. The lowest BCUT2D eigenvalue weighted by Gasteiger charge is -2.42. The number of alkyl halides is 2. The summed E-state index contributed by atoms with van der Waals surface area (Å²) in [6, 6.07) is 0. The lowest BCUT2D eigenvalue weighted by atomic mass is 9.93. The van der Waals surface area contributed by atoms with Gasteiger partial charge in [0.1, 0.15) is 6.10 Å². The fourth-order valence-corrected chi connectivity index (χ4v) is 4.41. The van der Waals surface area contributed by atoms with Crippen LogP contribution in [0.2, 0.25) is 0 Å². The summed E-state index contributed by atoms with van der Waals surface area (Å²) in [7, 11) is 1.69. The SMILES string of the molecule is CO[C@H]1C[C@H](Cl)[C@@H]2C[C@H](C=C=CBr)O[C@H](C)[C@@H](O)[C@H](C[C@H]1Br)O2. The maximum absolute atomic E-state index is 10.6. The van der Waals surface area contributed by atoms with Gasteiger partial charge in [-0.25, -0.2) is 0 Å². The van der Waals surface area contributed by atoms with E-state index in [9.17, 15) is 5.11 Å². The van der Waals surface area contributed by atoms with Gasteiger partial charge in [-0.1, -0.05) is 31.9 Å². The van der Waals surface area contributed by atoms with Crippen molar-refractivity contribution in [2.45, 2.75) is 73.0 Å². The van der Waals surface area contributed by atoms with Crippen molar-refractivity contribution in [2.24, 2.45) is 0 Å². The molecule has 2 aliphatic heterocycles. The topological polar surface area (TPSA) is 47.9 Å². The first-order valence-corrected chi connectivity index (χ1v) is 10.0. The Labute approximate surface area is 159 Å². The summed E-state index contributed by atoms with van der Waals surface area (Å²) in [4.78, 5) is 1.72. The van der Waals surface area contributed by atoms with E-state index in [-0.39, 0.29) is 40.7 Å². The van der Waals surface area contributed by atoms with Gasteiger partial charge in [0.2, 0.25) is 0 Å². The highest BCUT2D eigenvalue weighted by molar-refractivity contribution is 9.11. The van der Waals surface area contributed by atoms with Gasteiger partial charge in [-0.3, -0.25) is 0 Å². The van der Waals surface area contributed by atoms with Crippen LogP contribution in [-0.2, 0) is 14.2 Å². The number of hydrogen-bond donors (Lipinski definition) is 1. The molecule has 0 amide bonds. The van der Waals surface area contributed by atoms with Crippen LogP contribution in [0.15, 0.2) is 16.8 Å². The van der Waals surface area contributed by atoms with Gasteiger partial charge in [0.25, 0.3) is 0 Å². The Kier molecular flexibility index (Phi) is 8.10. The molecule has 2 rings (SSSR count). The molecule has 2 fully saturated rings. The molecule has 0 aromatic rings. The van der Waals surface area contributed by atoms with Crippen LogP contribution >= 0.6 is 43.5 Å². The van der Waals surface area contributed by atoms with E-state index in [0.717, 1.165) is 0 Å². The van der Waals surface area contributed by atoms with Crippen LogP contribution in [0.3, 0.4) is 0 Å². The molecule has 2 heterocycles. The van der Waals surface area contributed by atoms with Gasteiger partial charge in [0, 0.05) is 23.3 Å². The molecule has 2 aliphatic rings. The standard InChI is InChI=1S/C16H23Br2ClO4/c1-9-16(20)15-7-11(18)13(21-2)8-12(19)14(23-15)6-10(22-9)4-3-5-17/h4-5,9-16,20H,6-8H2,1-2H3/t3?,9-,10+,11-,12+,13+,14+,15+,16-/m1/s1. The Morgan fingerprint density at radius 2 is 2.00 bits per heavy atom. The number of fused-ring (bicyclic) bond motifs is 2. The predicted molar refractivity (Wildman–Crippen MR) is 97.6 cm³/mol. The van der Waals surface area contributed by atoms with Crippen molar-refractivity contribution in [3.8, 4) is 0 Å². The number of halogens is 3. The molecule has 0 spiro atoms. The highest BCUT2D eigenvalue weighted by atomic mass is 79.9. The smallest absolute Gasteiger partial charge is 0.106 e. The van der Waals surface area contributed by atoms with Crippen molar-refractivity contribution >= 4 is 43.5 Å². The van der Waals surface area contributed by atoms with E-state index in [1.807, 2.05) is 13.0 Å². The third-order valence-electron chi connectivity index (χ3n) is 4.44. The molecule has 2 saturated heterocycles. The molecule has 7 heteroatoms. The Balaban J connectivity index is 2.26. The monoisotopic (exact) mass is 472 g/mol. The minimum absolute atomic E-state index is 0.00863. The molecule has 0 aromatic heterocycles. The summed E-state index contributed by atoms with van der Waals surface area (Å²) in [6.07, 6.45) is 1.96. The maximum atomic E-state index is 10.6. The fourth-order valence-electron chi connectivity index (χ4n) is 3.12. The van der Waals surface area contributed by atoms with Gasteiger partial charge in [-0.05, 0) is 25.8 Å². The van der Waals surface area contributed by atoms with Gasteiger partial charge in [-0.2, -0.15) is 0 Å². The fraction of sp³-hybridized carbons (Fsp3) is 0.812. The predicted octanol–water partition coefficient (Wildman–Crippen LogP) is 3.52. The normalized spacial score (nSPS) is 45.0. The second-order valence-corrected chi connectivity index (χ2v) is 8.23. The van der Waals surface area contributed by atoms with E-state index in [1.54, 1.807) is 12.1 Å². The van der Waals surface area contributed by atoms with Gasteiger partial charge in [0.15, 0.2) is 0 Å². The second-order valence-electron chi connectivity index (χ2n) is 6.04. The molecule has 2 bridgehead atoms. The minimum atomic E-state index is -0.721. The van der Waals surface area contributed by atoms with Crippen LogP contribution in [0, 0.1) is 0 Å². The molecule has 0 aliphatic carbocycles. The molecule has 0 radical (unpaired) electrons. The maximum Gasteiger partial charge on any atom is 0.106 e. The van der Waals surface area contributed by atoms with Crippen LogP contribution < -0.4 is 0 Å². The molecule has 0 unspecified atom stereocenters. The van der Waals surface area contributed by atoms with E-state index in [2.05, 4.69) is 37.6 Å². The summed E-state index contributed by atoms with van der Waals surface area (Å²) in [5.74, 6) is 0. The van der Waals surface area contributed by atoms with E-state index in [4.69, 9.17) is 25.8 Å². The highest BCUT2D eigenvalue weighted by Gasteiger charge is 2.41. The number of hydrogen-bond acceptors (Lipinski definition) is 4. The number of ether oxygens (including phenoxy) is 3. The highest BCUT2D eigenvalue weighted by Crippen LogP contribution is 2.34. The molecule has 8 atom stereocenters. The molecule has 0 aromatic carbocycles. The van der Waals surface area contributed by atoms with Crippen molar-refractivity contribution in [3.63, 3.8) is 0 Å². The van der Waals surface area contributed by atoms with Crippen LogP contribution in [0.4, 0.5) is 0 Å². The number of rotatable bonds is 2. The van der Waals surface area contributed by atoms with Crippen molar-refractivity contribution in [1.82, 2.24) is 0 Å². The van der Waals surface area contributed by atoms with Gasteiger partial charge < -0.3 is 19.3 Å². The quantitative estimate of drug-likeness (QED) is 0.492. The Hall–Kier alpha value is 0.610. The third-order valence-corrected chi connectivity index (χ3v) is 6.12. The summed E-state index contributed by atoms with van der Waals surface area (Å²) in [6.45, 7) is 1.86. The zero-order valence-electron chi connectivity index (χ0n) is 13.2. The summed E-state index contributed by atoms with van der Waals surface area (Å²) >= 11 is 13.4. The Morgan fingerprint density at radius 3 is 2.65 bits per heavy atom. The molecule has 4 nitrogen and oxygen atoms in total. The molecule has 0 saturated carbocycles. The van der Waals surface area contributed by atoms with E-state index >= 15 is 0 Å². The van der Waals surface area contributed by atoms with Crippen LogP contribution in [0.1, 0.15) is 26.2 Å². The van der Waals surface area contributed by atoms with Crippen molar-refractivity contribution in [3.05, 3.63) is 16.8 Å². The van der Waals surface area contributed by atoms with Crippen molar-refractivity contribution in [2.75, 3.05) is 7.11 Å². The summed E-state index contributed by atoms with van der Waals surface area (Å²) in [5.41, 5.74) is 2.97. The molecule has 1 N–H and O–H groups in total. The largest absolute Gasteiger partial charge is 0.388 e. The summed E-state index contributed by atoms with van der Waals surface area (Å²) in [5, 5.41) is 10.4. The number of methoxy groups -OCH3 is 1. The zero-order chi connectivity index (χ0) is 17.0. The molecular formula is C16H23Br2ClO4. The van der Waals surface area contributed by atoms with Gasteiger partial charge >= 0.3 is 0 Å². The molecule has 23 heavy (non-hydrogen) atoms. The first-order valence-electron chi connectivity index (χ1n) is 7.77. The lowest BCUT2D eigenvalue weighted by molar-refractivity contribution is -0.176. The first kappa shape index (κ1) is 19.9. The number of aliphatic hydroxyl groups is 1. The lowest BCUT2D eigenvalue weighted by Crippen LogP contribution is -2.51. The number of aliphatic hydroxyl groups excluding tert-OH is 1.